The van der Waals surface area contributed by atoms with Gasteiger partial charge >= 0.3 is 0 Å². The van der Waals surface area contributed by atoms with Crippen LogP contribution in [-0.4, -0.2) is 60.6 Å². The van der Waals surface area contributed by atoms with Gasteiger partial charge in [0.25, 0.3) is 5.91 Å². The highest BCUT2D eigenvalue weighted by Gasteiger charge is 2.34. The molecule has 2 unspecified atom stereocenters. The van der Waals surface area contributed by atoms with Crippen molar-refractivity contribution in [2.75, 3.05) is 32.8 Å². The molecule has 2 atom stereocenters. The number of ether oxygens (including phenoxy) is 2. The van der Waals surface area contributed by atoms with Gasteiger partial charge in [-0.15, -0.1) is 11.3 Å². The third kappa shape index (κ3) is 6.17. The van der Waals surface area contributed by atoms with Crippen LogP contribution in [0.15, 0.2) is 60.0 Å². The molecule has 0 N–H and O–H groups in total. The lowest BCUT2D eigenvalue weighted by Gasteiger charge is -2.37. The van der Waals surface area contributed by atoms with E-state index in [9.17, 15) is 9.59 Å². The van der Waals surface area contributed by atoms with E-state index in [4.69, 9.17) is 21.1 Å². The first-order chi connectivity index (χ1) is 18.0. The molecule has 2 aliphatic rings. The summed E-state index contributed by atoms with van der Waals surface area (Å²) in [5.74, 6) is 0.472. The quantitative estimate of drug-likeness (QED) is 0.378. The maximum atomic E-state index is 13.8. The molecule has 0 radical (unpaired) electrons. The van der Waals surface area contributed by atoms with Crippen LogP contribution in [0.5, 0.6) is 5.75 Å². The number of carbonyl (C=O) groups excluding carboxylic acids is 2. The average Bonchev–Trinajstić information content (AvgIpc) is 3.60. The van der Waals surface area contributed by atoms with Crippen molar-refractivity contribution in [2.24, 2.45) is 0 Å². The molecule has 194 valence electrons. The van der Waals surface area contributed by atoms with Crippen LogP contribution in [0.2, 0.25) is 5.02 Å². The summed E-state index contributed by atoms with van der Waals surface area (Å²) in [4.78, 5) is 32.1. The fourth-order valence-corrected chi connectivity index (χ4v) is 6.02. The predicted octanol–water partition coefficient (Wildman–Crippen LogP) is 5.54. The lowest BCUT2D eigenvalue weighted by Crippen LogP contribution is -2.49. The topological polar surface area (TPSA) is 59.1 Å². The zero-order valence-corrected chi connectivity index (χ0v) is 22.5. The zero-order chi connectivity index (χ0) is 25.8. The largest absolute Gasteiger partial charge is 0.491 e. The molecule has 2 amide bonds. The minimum Gasteiger partial charge on any atom is -0.491 e. The van der Waals surface area contributed by atoms with Crippen molar-refractivity contribution in [3.63, 3.8) is 0 Å². The Labute approximate surface area is 226 Å². The van der Waals surface area contributed by atoms with Crippen molar-refractivity contribution in [3.05, 3.63) is 86.6 Å². The molecule has 0 bridgehead atoms. The van der Waals surface area contributed by atoms with E-state index >= 15 is 0 Å². The van der Waals surface area contributed by atoms with E-state index in [-0.39, 0.29) is 30.5 Å². The molecular formula is C29H31ClN2O4S. The first kappa shape index (κ1) is 25.8. The van der Waals surface area contributed by atoms with Crippen molar-refractivity contribution >= 4 is 34.8 Å². The van der Waals surface area contributed by atoms with Crippen LogP contribution < -0.4 is 4.74 Å². The summed E-state index contributed by atoms with van der Waals surface area (Å²) in [5, 5.41) is 2.71. The summed E-state index contributed by atoms with van der Waals surface area (Å²) in [5.41, 5.74) is 2.79. The molecule has 6 nitrogen and oxygen atoms in total. The van der Waals surface area contributed by atoms with Gasteiger partial charge in [0, 0.05) is 35.2 Å². The number of benzene rings is 2. The second-order valence-corrected chi connectivity index (χ2v) is 11.0. The number of fused-ring (bicyclic) bond motifs is 1. The Balaban J connectivity index is 1.34. The van der Waals surface area contributed by atoms with Crippen LogP contribution in [0.4, 0.5) is 0 Å². The van der Waals surface area contributed by atoms with Crippen molar-refractivity contribution in [1.82, 2.24) is 9.80 Å². The van der Waals surface area contributed by atoms with Crippen molar-refractivity contribution in [3.8, 4) is 5.75 Å². The van der Waals surface area contributed by atoms with Gasteiger partial charge in [0.15, 0.2) is 0 Å². The van der Waals surface area contributed by atoms with Gasteiger partial charge < -0.3 is 19.3 Å². The van der Waals surface area contributed by atoms with Crippen LogP contribution in [0.25, 0.3) is 0 Å². The molecule has 0 saturated carbocycles. The SMILES string of the molecule is Cc1ccc(C(=O)N(CC(=O)N2CCc3sccc3C2COc2ccc(Cl)cc2)CC2CCCO2)cc1. The van der Waals surface area contributed by atoms with Crippen molar-refractivity contribution in [1.29, 1.82) is 0 Å². The fraction of sp³-hybridized carbons (Fsp3) is 0.379. The Kier molecular flexibility index (Phi) is 8.13. The van der Waals surface area contributed by atoms with Gasteiger partial charge in [-0.3, -0.25) is 9.59 Å². The molecule has 3 heterocycles. The Bertz CT molecular complexity index is 1220. The van der Waals surface area contributed by atoms with E-state index in [0.29, 0.717) is 42.6 Å². The molecule has 37 heavy (non-hydrogen) atoms. The lowest BCUT2D eigenvalue weighted by molar-refractivity contribution is -0.135. The fourth-order valence-electron chi connectivity index (χ4n) is 4.97. The van der Waals surface area contributed by atoms with Crippen LogP contribution >= 0.6 is 22.9 Å². The molecule has 1 saturated heterocycles. The molecule has 5 rings (SSSR count). The Morgan fingerprint density at radius 1 is 1.14 bits per heavy atom. The van der Waals surface area contributed by atoms with Crippen LogP contribution in [0, 0.1) is 6.92 Å². The molecular weight excluding hydrogens is 508 g/mol. The summed E-state index contributed by atoms with van der Waals surface area (Å²) < 4.78 is 11.9. The van der Waals surface area contributed by atoms with Crippen LogP contribution in [0.1, 0.15) is 45.2 Å². The van der Waals surface area contributed by atoms with Gasteiger partial charge in [-0.1, -0.05) is 29.3 Å². The molecule has 0 spiro atoms. The molecule has 0 aliphatic carbocycles. The summed E-state index contributed by atoms with van der Waals surface area (Å²) in [6.45, 7) is 4.01. The van der Waals surface area contributed by atoms with E-state index in [1.54, 1.807) is 28.4 Å². The number of halogens is 1. The first-order valence-corrected chi connectivity index (χ1v) is 14.0. The number of carbonyl (C=O) groups is 2. The van der Waals surface area contributed by atoms with E-state index in [0.717, 1.165) is 30.4 Å². The average molecular weight is 539 g/mol. The smallest absolute Gasteiger partial charge is 0.254 e. The summed E-state index contributed by atoms with van der Waals surface area (Å²) >= 11 is 7.73. The maximum Gasteiger partial charge on any atom is 0.254 e. The van der Waals surface area contributed by atoms with E-state index in [1.165, 1.54) is 4.88 Å². The normalized spacial score (nSPS) is 18.9. The highest BCUT2D eigenvalue weighted by Crippen LogP contribution is 2.34. The Morgan fingerprint density at radius 3 is 2.65 bits per heavy atom. The standard InChI is InChI=1S/C29H31ClN2O4S/c1-20-4-6-21(7-5-20)29(34)31(17-24-3-2-15-35-24)18-28(33)32-14-12-27-25(13-16-37-27)26(32)19-36-23-10-8-22(30)9-11-23/h4-11,13,16,24,26H,2-3,12,14-15,17-19H2,1H3. The Hall–Kier alpha value is -2.87. The molecule has 8 heteroatoms. The van der Waals surface area contributed by atoms with E-state index in [2.05, 4.69) is 11.4 Å². The molecule has 3 aromatic rings. The monoisotopic (exact) mass is 538 g/mol. The van der Waals surface area contributed by atoms with E-state index < -0.39 is 0 Å². The third-order valence-corrected chi connectivity index (χ3v) is 8.25. The summed E-state index contributed by atoms with van der Waals surface area (Å²) in [6.07, 6.45) is 2.62. The minimum atomic E-state index is -0.225. The van der Waals surface area contributed by atoms with Gasteiger partial charge in [0.1, 0.15) is 18.9 Å². The zero-order valence-electron chi connectivity index (χ0n) is 20.9. The number of thiophene rings is 1. The number of hydrogen-bond acceptors (Lipinski definition) is 5. The highest BCUT2D eigenvalue weighted by atomic mass is 35.5. The molecule has 2 aliphatic heterocycles. The number of nitrogens with zero attached hydrogens (tertiary/aromatic N) is 2. The van der Waals surface area contributed by atoms with Crippen molar-refractivity contribution < 1.29 is 19.1 Å². The molecule has 1 fully saturated rings. The first-order valence-electron chi connectivity index (χ1n) is 12.7. The maximum absolute atomic E-state index is 13.8. The molecule has 2 aromatic carbocycles. The predicted molar refractivity (Wildman–Crippen MR) is 145 cm³/mol. The van der Waals surface area contributed by atoms with Gasteiger partial charge in [0.2, 0.25) is 5.91 Å². The second-order valence-electron chi connectivity index (χ2n) is 9.60. The lowest BCUT2D eigenvalue weighted by atomic mass is 10.00. The summed E-state index contributed by atoms with van der Waals surface area (Å²) in [6, 6.07) is 16.6. The number of amides is 2. The number of aryl methyl sites for hydroxylation is 1. The second kappa shape index (κ2) is 11.7. The number of rotatable bonds is 8. The summed E-state index contributed by atoms with van der Waals surface area (Å²) in [7, 11) is 0. The van der Waals surface area contributed by atoms with Gasteiger partial charge in [-0.05, 0) is 79.6 Å². The van der Waals surface area contributed by atoms with Crippen molar-refractivity contribution in [2.45, 2.75) is 38.3 Å². The Morgan fingerprint density at radius 2 is 1.92 bits per heavy atom. The highest BCUT2D eigenvalue weighted by molar-refractivity contribution is 7.10. The van der Waals surface area contributed by atoms with Crippen LogP contribution in [-0.2, 0) is 16.0 Å². The molecule has 1 aromatic heterocycles. The van der Waals surface area contributed by atoms with Gasteiger partial charge in [-0.2, -0.15) is 0 Å². The van der Waals surface area contributed by atoms with Gasteiger partial charge in [0.05, 0.1) is 12.1 Å². The van der Waals surface area contributed by atoms with Crippen LogP contribution in [0.3, 0.4) is 0 Å². The third-order valence-electron chi connectivity index (χ3n) is 7.00. The number of hydrogen-bond donors (Lipinski definition) is 0. The van der Waals surface area contributed by atoms with Gasteiger partial charge in [-0.25, -0.2) is 0 Å². The minimum absolute atomic E-state index is 0.00346. The van der Waals surface area contributed by atoms with E-state index in [1.807, 2.05) is 48.2 Å².